The van der Waals surface area contributed by atoms with Gasteiger partial charge in [0.2, 0.25) is 5.91 Å². The van der Waals surface area contributed by atoms with Crippen LogP contribution in [0.1, 0.15) is 33.8 Å². The number of carbonyl (C=O) groups is 3. The molecule has 45 heavy (non-hydrogen) atoms. The number of anilines is 1. The zero-order valence-corrected chi connectivity index (χ0v) is 27.4. The molecule has 0 aliphatic carbocycles. The first-order valence-corrected chi connectivity index (χ1v) is 16.0. The van der Waals surface area contributed by atoms with Crippen LogP contribution < -0.4 is 5.32 Å². The van der Waals surface area contributed by atoms with Crippen molar-refractivity contribution in [3.63, 3.8) is 0 Å². The fraction of sp³-hybridized carbons (Fsp3) is 0.323. The lowest BCUT2D eigenvalue weighted by atomic mass is 9.88. The summed E-state index contributed by atoms with van der Waals surface area (Å²) in [6.45, 7) is 1.94. The molecule has 1 aliphatic heterocycles. The number of nitrogens with one attached hydrogen (secondary N) is 1. The number of ether oxygens (including phenoxy) is 1. The van der Waals surface area contributed by atoms with Gasteiger partial charge in [-0.15, -0.1) is 0 Å². The largest absolute Gasteiger partial charge is 0.383 e. The van der Waals surface area contributed by atoms with E-state index in [4.69, 9.17) is 16.3 Å². The minimum Gasteiger partial charge on any atom is -0.383 e. The molecule has 2 aromatic carbocycles. The first-order chi connectivity index (χ1) is 21.6. The average Bonchev–Trinajstić information content (AvgIpc) is 3.67. The van der Waals surface area contributed by atoms with Crippen molar-refractivity contribution in [2.24, 2.45) is 13.0 Å². The van der Waals surface area contributed by atoms with Crippen LogP contribution in [-0.4, -0.2) is 73.1 Å². The minimum atomic E-state index is -1.08. The number of halogens is 4. The van der Waals surface area contributed by atoms with Crippen molar-refractivity contribution in [2.45, 2.75) is 19.4 Å². The van der Waals surface area contributed by atoms with E-state index in [1.807, 2.05) is 22.6 Å². The summed E-state index contributed by atoms with van der Waals surface area (Å²) in [7, 11) is 3.09. The summed E-state index contributed by atoms with van der Waals surface area (Å²) < 4.78 is 38.9. The van der Waals surface area contributed by atoms with Gasteiger partial charge in [0.25, 0.3) is 5.91 Å². The van der Waals surface area contributed by atoms with Crippen molar-refractivity contribution >= 4 is 57.5 Å². The Hall–Kier alpha value is -3.69. The van der Waals surface area contributed by atoms with E-state index in [9.17, 15) is 14.4 Å². The van der Waals surface area contributed by atoms with E-state index < -0.39 is 17.5 Å². The lowest BCUT2D eigenvalue weighted by molar-refractivity contribution is -0.129. The van der Waals surface area contributed by atoms with Gasteiger partial charge in [0, 0.05) is 67.3 Å². The molecular formula is C31H30ClF2IN6O4. The molecule has 4 aromatic rings. The number of benzene rings is 2. The van der Waals surface area contributed by atoms with E-state index in [2.05, 4.69) is 15.4 Å². The number of aromatic nitrogens is 4. The molecule has 5 rings (SSSR count). The Kier molecular flexibility index (Phi) is 10.3. The van der Waals surface area contributed by atoms with Gasteiger partial charge >= 0.3 is 0 Å². The number of methoxy groups -OCH3 is 1. The van der Waals surface area contributed by atoms with Gasteiger partial charge in [-0.05, 0) is 37.1 Å². The van der Waals surface area contributed by atoms with E-state index in [1.54, 1.807) is 35.0 Å². The summed E-state index contributed by atoms with van der Waals surface area (Å²) >= 11 is 8.49. The summed E-state index contributed by atoms with van der Waals surface area (Å²) in [5.74, 6) is -3.06. The lowest BCUT2D eigenvalue weighted by Gasteiger charge is -2.31. The van der Waals surface area contributed by atoms with E-state index in [-0.39, 0.29) is 45.3 Å². The third-order valence-electron chi connectivity index (χ3n) is 7.84. The Balaban J connectivity index is 1.28. The van der Waals surface area contributed by atoms with Crippen molar-refractivity contribution in [1.29, 1.82) is 0 Å². The number of imidazole rings is 1. The maximum Gasteiger partial charge on any atom is 0.291 e. The lowest BCUT2D eigenvalue weighted by Crippen LogP contribution is -2.40. The monoisotopic (exact) mass is 750 g/mol. The third-order valence-corrected chi connectivity index (χ3v) is 8.81. The van der Waals surface area contributed by atoms with Crippen molar-refractivity contribution in [1.82, 2.24) is 24.2 Å². The van der Waals surface area contributed by atoms with Gasteiger partial charge in [-0.2, -0.15) is 5.10 Å². The summed E-state index contributed by atoms with van der Waals surface area (Å²) in [6.07, 6.45) is 5.48. The smallest absolute Gasteiger partial charge is 0.291 e. The molecule has 3 heterocycles. The van der Waals surface area contributed by atoms with Crippen LogP contribution >= 0.6 is 34.2 Å². The van der Waals surface area contributed by atoms with Crippen LogP contribution in [0.25, 0.3) is 22.4 Å². The molecule has 236 valence electrons. The van der Waals surface area contributed by atoms with Gasteiger partial charge in [0.1, 0.15) is 0 Å². The number of nitrogens with zero attached hydrogens (tertiary/aromatic N) is 5. The highest BCUT2D eigenvalue weighted by atomic mass is 127. The third kappa shape index (κ3) is 6.94. The molecule has 0 radical (unpaired) electrons. The molecule has 2 aromatic heterocycles. The van der Waals surface area contributed by atoms with Crippen molar-refractivity contribution < 1.29 is 27.9 Å². The standard InChI is InChI=1S/C31H30ClF2IN6O4/c1-39-25(23-6-5-21(27(33)28(23)34)19-15-37-41(17-19)11-12-45-2)16-36-30(39)31(44)38-20-3-4-22(24(32)13-20)29(43)18-7-9-40(10-8-18)26(42)14-35/h3-6,13,15-18H,7-12,14H2,1-2H3,(H,38,44). The van der Waals surface area contributed by atoms with Crippen molar-refractivity contribution in [2.75, 3.05) is 36.6 Å². The van der Waals surface area contributed by atoms with Gasteiger partial charge in [0.15, 0.2) is 23.2 Å². The molecule has 0 bridgehead atoms. The first kappa shape index (κ1) is 32.7. The average molecular weight is 751 g/mol. The second kappa shape index (κ2) is 14.2. The van der Waals surface area contributed by atoms with E-state index in [0.717, 1.165) is 0 Å². The summed E-state index contributed by atoms with van der Waals surface area (Å²) in [5, 5.41) is 7.04. The number of hydrogen-bond acceptors (Lipinski definition) is 6. The van der Waals surface area contributed by atoms with E-state index in [1.165, 1.54) is 42.2 Å². The molecule has 0 atom stereocenters. The number of piperidine rings is 1. The number of ketones is 1. The maximum absolute atomic E-state index is 15.3. The molecule has 1 fully saturated rings. The molecule has 14 heteroatoms. The quantitative estimate of drug-likeness (QED) is 0.128. The van der Waals surface area contributed by atoms with Crippen LogP contribution in [0.2, 0.25) is 5.02 Å². The van der Waals surface area contributed by atoms with Crippen LogP contribution in [0, 0.1) is 17.6 Å². The van der Waals surface area contributed by atoms with Crippen LogP contribution in [0.15, 0.2) is 48.9 Å². The molecule has 1 N–H and O–H groups in total. The van der Waals surface area contributed by atoms with Gasteiger partial charge in [-0.1, -0.05) is 40.3 Å². The van der Waals surface area contributed by atoms with Crippen LogP contribution in [0.4, 0.5) is 14.5 Å². The Morgan fingerprint density at radius 3 is 2.49 bits per heavy atom. The summed E-state index contributed by atoms with van der Waals surface area (Å²) in [6, 6.07) is 7.50. The first-order valence-electron chi connectivity index (χ1n) is 14.1. The summed E-state index contributed by atoms with van der Waals surface area (Å²) in [5.41, 5.74) is 1.28. The Labute approximate surface area is 276 Å². The van der Waals surface area contributed by atoms with E-state index in [0.29, 0.717) is 60.3 Å². The van der Waals surface area contributed by atoms with Crippen molar-refractivity contribution in [3.8, 4) is 22.4 Å². The zero-order valence-electron chi connectivity index (χ0n) is 24.5. The summed E-state index contributed by atoms with van der Waals surface area (Å²) in [4.78, 5) is 44.1. The molecule has 0 unspecified atom stereocenters. The molecule has 2 amide bonds. The predicted octanol–water partition coefficient (Wildman–Crippen LogP) is 5.64. The van der Waals surface area contributed by atoms with Crippen LogP contribution in [0.3, 0.4) is 0 Å². The molecule has 0 saturated carbocycles. The van der Waals surface area contributed by atoms with Gasteiger partial charge < -0.3 is 19.5 Å². The number of Topliss-reactive ketones (excluding diaryl/α,β-unsaturated/α-hetero) is 1. The highest BCUT2D eigenvalue weighted by Crippen LogP contribution is 2.32. The van der Waals surface area contributed by atoms with Gasteiger partial charge in [-0.25, -0.2) is 13.8 Å². The Bertz CT molecular complexity index is 1750. The van der Waals surface area contributed by atoms with E-state index >= 15 is 8.78 Å². The molecule has 10 nitrogen and oxygen atoms in total. The molecular weight excluding hydrogens is 721 g/mol. The fourth-order valence-electron chi connectivity index (χ4n) is 5.33. The second-order valence-corrected chi connectivity index (χ2v) is 11.8. The number of amides is 2. The number of carbonyl (C=O) groups excluding carboxylic acids is 3. The number of alkyl halides is 1. The fourth-order valence-corrected chi connectivity index (χ4v) is 6.08. The molecule has 1 aliphatic rings. The highest BCUT2D eigenvalue weighted by molar-refractivity contribution is 14.1. The van der Waals surface area contributed by atoms with Crippen molar-refractivity contribution in [3.05, 3.63) is 77.0 Å². The topological polar surface area (TPSA) is 111 Å². The molecule has 1 saturated heterocycles. The SMILES string of the molecule is COCCn1cc(-c2ccc(-c3cnc(C(=O)Nc4ccc(C(=O)C5CCN(C(=O)CI)CC5)c(Cl)c4)n3C)c(F)c2F)cn1. The Morgan fingerprint density at radius 2 is 1.80 bits per heavy atom. The van der Waals surface area contributed by atoms with Crippen LogP contribution in [0.5, 0.6) is 0 Å². The number of hydrogen-bond donors (Lipinski definition) is 1. The van der Waals surface area contributed by atoms with Gasteiger partial charge in [0.05, 0.1) is 40.7 Å². The zero-order chi connectivity index (χ0) is 32.2. The number of likely N-dealkylation sites (tertiary alicyclic amines) is 1. The Morgan fingerprint density at radius 1 is 1.09 bits per heavy atom. The number of rotatable bonds is 10. The van der Waals surface area contributed by atoms with Crippen LogP contribution in [-0.2, 0) is 23.1 Å². The highest BCUT2D eigenvalue weighted by Gasteiger charge is 2.29. The molecule has 0 spiro atoms. The second-order valence-electron chi connectivity index (χ2n) is 10.6. The minimum absolute atomic E-state index is 0.0441. The maximum atomic E-state index is 15.3. The van der Waals surface area contributed by atoms with Gasteiger partial charge in [-0.3, -0.25) is 19.1 Å². The normalized spacial score (nSPS) is 13.7. The predicted molar refractivity (Wildman–Crippen MR) is 174 cm³/mol.